The highest BCUT2D eigenvalue weighted by Crippen LogP contribution is 2.40. The van der Waals surface area contributed by atoms with E-state index >= 15 is 4.39 Å². The average Bonchev–Trinajstić information content (AvgIpc) is 2.78. The molecule has 0 amide bonds. The lowest BCUT2D eigenvalue weighted by atomic mass is 9.71. The summed E-state index contributed by atoms with van der Waals surface area (Å²) in [4.78, 5) is 11.7. The van der Waals surface area contributed by atoms with Crippen LogP contribution in [0.2, 0.25) is 0 Å². The van der Waals surface area contributed by atoms with Gasteiger partial charge in [0.25, 0.3) is 0 Å². The van der Waals surface area contributed by atoms with Crippen molar-refractivity contribution in [2.24, 2.45) is 11.8 Å². The molecule has 172 valence electrons. The quantitative estimate of drug-likeness (QED) is 0.282. The fourth-order valence-corrected chi connectivity index (χ4v) is 5.30. The van der Waals surface area contributed by atoms with Gasteiger partial charge in [-0.2, -0.15) is 0 Å². The zero-order chi connectivity index (χ0) is 22.8. The van der Waals surface area contributed by atoms with Crippen molar-refractivity contribution >= 4 is 5.97 Å². The minimum Gasteiger partial charge on any atom is -0.462 e. The van der Waals surface area contributed by atoms with Crippen LogP contribution in [0, 0.1) is 35.1 Å². The summed E-state index contributed by atoms with van der Waals surface area (Å²) in [6, 6.07) is 5.03. The fourth-order valence-electron chi connectivity index (χ4n) is 5.30. The van der Waals surface area contributed by atoms with E-state index in [1.165, 1.54) is 6.07 Å². The Kier molecular flexibility index (Phi) is 6.87. The maximum atomic E-state index is 15.2. The van der Waals surface area contributed by atoms with Crippen LogP contribution in [-0.4, -0.2) is 12.1 Å². The summed E-state index contributed by atoms with van der Waals surface area (Å²) >= 11 is 0. The highest BCUT2D eigenvalue weighted by molar-refractivity contribution is 5.69. The van der Waals surface area contributed by atoms with Crippen LogP contribution in [0.4, 0.5) is 17.6 Å². The third kappa shape index (κ3) is 4.69. The monoisotopic (exact) mass is 448 g/mol. The van der Waals surface area contributed by atoms with Crippen molar-refractivity contribution in [2.75, 3.05) is 0 Å². The number of rotatable bonds is 5. The molecule has 2 nitrogen and oxygen atoms in total. The predicted molar refractivity (Wildman–Crippen MR) is 114 cm³/mol. The van der Waals surface area contributed by atoms with Gasteiger partial charge in [-0.3, -0.25) is 4.79 Å². The maximum Gasteiger partial charge on any atom is 0.306 e. The first-order valence-corrected chi connectivity index (χ1v) is 11.5. The molecule has 2 aliphatic carbocycles. The standard InChI is InChI=1S/C26H28F4O2/c1-2-3-24(31)32-19-8-4-15(5-9-19)16-6-10-20-17(12-16)7-11-21(25(20)29)18-13-22(27)26(30)23(28)14-18/h7,11,13-16,19H,2-6,8-10,12H2,1H3. The van der Waals surface area contributed by atoms with Crippen molar-refractivity contribution in [1.29, 1.82) is 0 Å². The van der Waals surface area contributed by atoms with Crippen molar-refractivity contribution in [3.8, 4) is 11.1 Å². The van der Waals surface area contributed by atoms with Gasteiger partial charge in [0.15, 0.2) is 17.5 Å². The van der Waals surface area contributed by atoms with Gasteiger partial charge in [0.2, 0.25) is 0 Å². The van der Waals surface area contributed by atoms with Gasteiger partial charge in [0.05, 0.1) is 0 Å². The summed E-state index contributed by atoms with van der Waals surface area (Å²) in [5, 5.41) is 0. The van der Waals surface area contributed by atoms with Gasteiger partial charge in [-0.05, 0) is 92.0 Å². The first-order valence-electron chi connectivity index (χ1n) is 11.5. The smallest absolute Gasteiger partial charge is 0.306 e. The third-order valence-corrected chi connectivity index (χ3v) is 7.02. The van der Waals surface area contributed by atoms with E-state index in [1.807, 2.05) is 13.0 Å². The highest BCUT2D eigenvalue weighted by Gasteiger charge is 2.32. The largest absolute Gasteiger partial charge is 0.462 e. The van der Waals surface area contributed by atoms with E-state index in [1.54, 1.807) is 0 Å². The van der Waals surface area contributed by atoms with Crippen LogP contribution < -0.4 is 0 Å². The molecule has 6 heteroatoms. The number of carbonyl (C=O) groups excluding carboxylic acids is 1. The van der Waals surface area contributed by atoms with E-state index in [2.05, 4.69) is 0 Å². The Hall–Kier alpha value is -2.37. The lowest BCUT2D eigenvalue weighted by Gasteiger charge is -2.36. The van der Waals surface area contributed by atoms with Crippen LogP contribution in [0.3, 0.4) is 0 Å². The number of hydrogen-bond donors (Lipinski definition) is 0. The molecule has 0 heterocycles. The first-order chi connectivity index (χ1) is 15.4. The summed E-state index contributed by atoms with van der Waals surface area (Å²) in [7, 11) is 0. The van der Waals surface area contributed by atoms with Crippen molar-refractivity contribution in [3.63, 3.8) is 0 Å². The van der Waals surface area contributed by atoms with Crippen molar-refractivity contribution in [3.05, 3.63) is 58.7 Å². The molecular formula is C26H28F4O2. The predicted octanol–water partition coefficient (Wildman–Crippen LogP) is 6.92. The second-order valence-corrected chi connectivity index (χ2v) is 9.10. The number of carbonyl (C=O) groups is 1. The molecule has 0 N–H and O–H groups in total. The maximum absolute atomic E-state index is 15.2. The molecule has 1 saturated carbocycles. The van der Waals surface area contributed by atoms with Crippen LogP contribution >= 0.6 is 0 Å². The number of esters is 1. The first kappa shape index (κ1) is 22.8. The number of hydrogen-bond acceptors (Lipinski definition) is 2. The molecule has 0 bridgehead atoms. The normalized spacial score (nSPS) is 23.0. The molecule has 2 aliphatic rings. The molecule has 2 aromatic rings. The summed E-state index contributed by atoms with van der Waals surface area (Å²) in [5.74, 6) is -3.83. The lowest BCUT2D eigenvalue weighted by Crippen LogP contribution is -2.30. The minimum atomic E-state index is -1.55. The molecule has 4 rings (SSSR count). The summed E-state index contributed by atoms with van der Waals surface area (Å²) < 4.78 is 61.3. The fraction of sp³-hybridized carbons (Fsp3) is 0.500. The van der Waals surface area contributed by atoms with E-state index in [9.17, 15) is 18.0 Å². The average molecular weight is 449 g/mol. The van der Waals surface area contributed by atoms with Gasteiger partial charge in [0.1, 0.15) is 11.9 Å². The number of fused-ring (bicyclic) bond motifs is 1. The van der Waals surface area contributed by atoms with Crippen LogP contribution in [0.25, 0.3) is 11.1 Å². The summed E-state index contributed by atoms with van der Waals surface area (Å²) in [6.45, 7) is 1.96. The Labute approximate surface area is 186 Å². The Morgan fingerprint density at radius 3 is 2.28 bits per heavy atom. The van der Waals surface area contributed by atoms with Gasteiger partial charge in [0, 0.05) is 12.0 Å². The zero-order valence-corrected chi connectivity index (χ0v) is 18.2. The molecule has 0 spiro atoms. The molecule has 0 radical (unpaired) electrons. The van der Waals surface area contributed by atoms with Crippen molar-refractivity contribution < 1.29 is 27.1 Å². The van der Waals surface area contributed by atoms with E-state index < -0.39 is 23.3 Å². The van der Waals surface area contributed by atoms with Gasteiger partial charge in [-0.1, -0.05) is 19.1 Å². The molecule has 1 atom stereocenters. The Bertz CT molecular complexity index is 973. The van der Waals surface area contributed by atoms with Gasteiger partial charge < -0.3 is 4.74 Å². The Morgan fingerprint density at radius 2 is 1.62 bits per heavy atom. The zero-order valence-electron chi connectivity index (χ0n) is 18.2. The third-order valence-electron chi connectivity index (χ3n) is 7.02. The van der Waals surface area contributed by atoms with Crippen LogP contribution in [-0.2, 0) is 22.4 Å². The molecule has 0 aliphatic heterocycles. The van der Waals surface area contributed by atoms with Crippen LogP contribution in [0.1, 0.15) is 63.0 Å². The van der Waals surface area contributed by atoms with Gasteiger partial charge in [-0.25, -0.2) is 17.6 Å². The van der Waals surface area contributed by atoms with Gasteiger partial charge in [-0.15, -0.1) is 0 Å². The number of halogens is 4. The van der Waals surface area contributed by atoms with Crippen molar-refractivity contribution in [2.45, 2.75) is 70.8 Å². The Morgan fingerprint density at radius 1 is 0.938 bits per heavy atom. The van der Waals surface area contributed by atoms with Crippen LogP contribution in [0.15, 0.2) is 24.3 Å². The van der Waals surface area contributed by atoms with E-state index in [0.717, 1.165) is 62.6 Å². The van der Waals surface area contributed by atoms with Crippen LogP contribution in [0.5, 0.6) is 0 Å². The minimum absolute atomic E-state index is 0.000217. The topological polar surface area (TPSA) is 26.3 Å². The molecule has 1 fully saturated rings. The second-order valence-electron chi connectivity index (χ2n) is 9.10. The second kappa shape index (κ2) is 9.63. The number of ether oxygens (including phenoxy) is 1. The SMILES string of the molecule is CCCC(=O)OC1CCC(C2CCc3c(ccc(-c4cc(F)c(F)c(F)c4)c3F)C2)CC1. The molecule has 2 aromatic carbocycles. The lowest BCUT2D eigenvalue weighted by molar-refractivity contribution is -0.151. The molecule has 32 heavy (non-hydrogen) atoms. The summed E-state index contributed by atoms with van der Waals surface area (Å²) in [6.07, 6.45) is 7.20. The van der Waals surface area contributed by atoms with Crippen molar-refractivity contribution in [1.82, 2.24) is 0 Å². The molecular weight excluding hydrogens is 420 g/mol. The van der Waals surface area contributed by atoms with E-state index in [0.29, 0.717) is 30.2 Å². The highest BCUT2D eigenvalue weighted by atomic mass is 19.2. The number of benzene rings is 2. The molecule has 0 aromatic heterocycles. The van der Waals surface area contributed by atoms with E-state index in [-0.39, 0.29) is 23.2 Å². The Balaban J connectivity index is 1.43. The molecule has 1 unspecified atom stereocenters. The van der Waals surface area contributed by atoms with E-state index in [4.69, 9.17) is 4.74 Å². The summed E-state index contributed by atoms with van der Waals surface area (Å²) in [5.41, 5.74) is 1.61. The van der Waals surface area contributed by atoms with Gasteiger partial charge >= 0.3 is 5.97 Å². The molecule has 0 saturated heterocycles.